The number of imidazole rings is 1. The first-order chi connectivity index (χ1) is 20.8. The second-order valence-corrected chi connectivity index (χ2v) is 11.9. The van der Waals surface area contributed by atoms with Crippen molar-refractivity contribution in [3.8, 4) is 17.1 Å². The molecule has 43 heavy (non-hydrogen) atoms. The van der Waals surface area contributed by atoms with Gasteiger partial charge in [0, 0.05) is 18.9 Å². The molecule has 0 bridgehead atoms. The van der Waals surface area contributed by atoms with Crippen molar-refractivity contribution in [2.45, 2.75) is 9.79 Å². The SMILES string of the molecule is Cn1cnc2ccc(-n3c(=O)c4c(S(=O)(=O)c5cccc(O)c5)cc(Nc5ccccn5)cc4n3-c3ccccc3)cc21. The number of nitrogens with one attached hydrogen (secondary N) is 1. The van der Waals surface area contributed by atoms with Gasteiger partial charge >= 0.3 is 0 Å². The Hall–Kier alpha value is -5.68. The number of phenols is 1. The van der Waals surface area contributed by atoms with Crippen LogP contribution in [-0.4, -0.2) is 37.4 Å². The average molecular weight is 589 g/mol. The molecule has 10 nitrogen and oxygen atoms in total. The second kappa shape index (κ2) is 10.00. The van der Waals surface area contributed by atoms with Gasteiger partial charge in [0.2, 0.25) is 9.84 Å². The highest BCUT2D eigenvalue weighted by Crippen LogP contribution is 2.34. The van der Waals surface area contributed by atoms with E-state index < -0.39 is 15.4 Å². The maximum atomic E-state index is 14.5. The molecule has 3 aromatic heterocycles. The topological polar surface area (TPSA) is 124 Å². The van der Waals surface area contributed by atoms with Crippen LogP contribution in [-0.2, 0) is 16.9 Å². The number of pyridine rings is 1. The lowest BCUT2D eigenvalue weighted by Gasteiger charge is -2.14. The van der Waals surface area contributed by atoms with Gasteiger partial charge in [-0.1, -0.05) is 30.3 Å². The fraction of sp³-hybridized carbons (Fsp3) is 0.0312. The molecule has 0 saturated carbocycles. The van der Waals surface area contributed by atoms with Crippen LogP contribution in [0.1, 0.15) is 0 Å². The Balaban J connectivity index is 1.60. The quantitative estimate of drug-likeness (QED) is 0.269. The van der Waals surface area contributed by atoms with E-state index in [1.54, 1.807) is 41.5 Å². The molecule has 0 unspecified atom stereocenters. The number of hydrogen-bond donors (Lipinski definition) is 2. The molecular weight excluding hydrogens is 564 g/mol. The molecule has 7 aromatic rings. The summed E-state index contributed by atoms with van der Waals surface area (Å²) in [6, 6.07) is 28.6. The van der Waals surface area contributed by atoms with Crippen LogP contribution in [0.15, 0.2) is 130 Å². The summed E-state index contributed by atoms with van der Waals surface area (Å²) in [5.41, 5.74) is 2.99. The lowest BCUT2D eigenvalue weighted by Crippen LogP contribution is -2.21. The summed E-state index contributed by atoms with van der Waals surface area (Å²) >= 11 is 0. The third-order valence-electron chi connectivity index (χ3n) is 7.22. The highest BCUT2D eigenvalue weighted by molar-refractivity contribution is 7.91. The zero-order valence-corrected chi connectivity index (χ0v) is 23.6. The van der Waals surface area contributed by atoms with E-state index in [2.05, 4.69) is 15.3 Å². The predicted octanol–water partition coefficient (Wildman–Crippen LogP) is 5.35. The van der Waals surface area contributed by atoms with Crippen LogP contribution in [0, 0.1) is 0 Å². The van der Waals surface area contributed by atoms with Crippen LogP contribution in [0.3, 0.4) is 0 Å². The summed E-state index contributed by atoms with van der Waals surface area (Å²) in [5.74, 6) is 0.293. The molecule has 4 aromatic carbocycles. The molecular formula is C32H24N6O4S. The molecule has 0 aliphatic carbocycles. The summed E-state index contributed by atoms with van der Waals surface area (Å²) in [4.78, 5) is 22.9. The normalized spacial score (nSPS) is 11.7. The Morgan fingerprint density at radius 1 is 0.767 bits per heavy atom. The number of rotatable bonds is 6. The molecule has 3 heterocycles. The fourth-order valence-electron chi connectivity index (χ4n) is 5.24. The summed E-state index contributed by atoms with van der Waals surface area (Å²) in [6.07, 6.45) is 3.32. The van der Waals surface area contributed by atoms with Crippen molar-refractivity contribution < 1.29 is 13.5 Å². The Labute approximate surface area is 245 Å². The molecule has 0 radical (unpaired) electrons. The third-order valence-corrected chi connectivity index (χ3v) is 9.00. The van der Waals surface area contributed by atoms with E-state index in [0.29, 0.717) is 28.4 Å². The van der Waals surface area contributed by atoms with Crippen molar-refractivity contribution in [1.29, 1.82) is 0 Å². The zero-order valence-electron chi connectivity index (χ0n) is 22.8. The lowest BCUT2D eigenvalue weighted by molar-refractivity contribution is 0.473. The summed E-state index contributed by atoms with van der Waals surface area (Å²) in [7, 11) is -2.42. The Bertz CT molecular complexity index is 2330. The molecule has 0 amide bonds. The van der Waals surface area contributed by atoms with E-state index in [9.17, 15) is 18.3 Å². The van der Waals surface area contributed by atoms with Crippen molar-refractivity contribution in [3.05, 3.63) is 126 Å². The van der Waals surface area contributed by atoms with E-state index >= 15 is 0 Å². The lowest BCUT2D eigenvalue weighted by atomic mass is 10.2. The van der Waals surface area contributed by atoms with Gasteiger partial charge < -0.3 is 15.0 Å². The Morgan fingerprint density at radius 3 is 2.35 bits per heavy atom. The zero-order chi connectivity index (χ0) is 29.7. The molecule has 0 fully saturated rings. The van der Waals surface area contributed by atoms with Gasteiger partial charge in [-0.05, 0) is 72.8 Å². The number of benzene rings is 4. The van der Waals surface area contributed by atoms with Gasteiger partial charge in [-0.2, -0.15) is 0 Å². The Kier molecular flexibility index (Phi) is 6.10. The first kappa shape index (κ1) is 26.2. The van der Waals surface area contributed by atoms with Gasteiger partial charge in [0.1, 0.15) is 11.6 Å². The summed E-state index contributed by atoms with van der Waals surface area (Å²) in [6.45, 7) is 0. The van der Waals surface area contributed by atoms with Crippen molar-refractivity contribution in [2.24, 2.45) is 7.05 Å². The number of nitrogens with zero attached hydrogens (tertiary/aromatic N) is 5. The third kappa shape index (κ3) is 4.43. The molecule has 0 spiro atoms. The van der Waals surface area contributed by atoms with Gasteiger partial charge in [0.05, 0.1) is 49.4 Å². The van der Waals surface area contributed by atoms with Crippen LogP contribution in [0.4, 0.5) is 11.5 Å². The largest absolute Gasteiger partial charge is 0.508 e. The number of aromatic hydroxyl groups is 1. The number of anilines is 2. The number of aryl methyl sites for hydroxylation is 1. The maximum Gasteiger partial charge on any atom is 0.280 e. The molecule has 11 heteroatoms. The molecule has 0 saturated heterocycles. The van der Waals surface area contributed by atoms with Gasteiger partial charge in [-0.15, -0.1) is 0 Å². The van der Waals surface area contributed by atoms with Crippen LogP contribution >= 0.6 is 0 Å². The van der Waals surface area contributed by atoms with Crippen molar-refractivity contribution in [2.75, 3.05) is 5.32 Å². The number of aromatic nitrogens is 5. The number of fused-ring (bicyclic) bond motifs is 2. The van der Waals surface area contributed by atoms with Crippen LogP contribution in [0.25, 0.3) is 33.3 Å². The number of phenolic OH excluding ortho intramolecular Hbond substituents is 1. The smallest absolute Gasteiger partial charge is 0.280 e. The number of para-hydroxylation sites is 1. The highest BCUT2D eigenvalue weighted by Gasteiger charge is 2.28. The first-order valence-corrected chi connectivity index (χ1v) is 14.8. The van der Waals surface area contributed by atoms with Crippen molar-refractivity contribution in [1.82, 2.24) is 23.9 Å². The van der Waals surface area contributed by atoms with Gasteiger partial charge in [-0.3, -0.25) is 4.79 Å². The summed E-state index contributed by atoms with van der Waals surface area (Å²) in [5, 5.41) is 13.3. The van der Waals surface area contributed by atoms with Crippen molar-refractivity contribution in [3.63, 3.8) is 0 Å². The van der Waals surface area contributed by atoms with E-state index in [-0.39, 0.29) is 20.9 Å². The van der Waals surface area contributed by atoms with E-state index in [1.165, 1.54) is 35.0 Å². The minimum atomic E-state index is -4.29. The van der Waals surface area contributed by atoms with Gasteiger partial charge in [-0.25, -0.2) is 27.7 Å². The van der Waals surface area contributed by atoms with Crippen LogP contribution in [0.5, 0.6) is 5.75 Å². The van der Waals surface area contributed by atoms with Crippen LogP contribution in [0.2, 0.25) is 0 Å². The van der Waals surface area contributed by atoms with E-state index in [0.717, 1.165) is 11.0 Å². The number of hydrogen-bond acceptors (Lipinski definition) is 7. The molecule has 2 N–H and O–H groups in total. The van der Waals surface area contributed by atoms with Crippen LogP contribution < -0.4 is 10.9 Å². The minimum Gasteiger partial charge on any atom is -0.508 e. The molecule has 0 atom stereocenters. The predicted molar refractivity (Wildman–Crippen MR) is 164 cm³/mol. The summed E-state index contributed by atoms with van der Waals surface area (Å²) < 4.78 is 33.5. The molecule has 0 aliphatic heterocycles. The fourth-order valence-corrected chi connectivity index (χ4v) is 6.77. The standard InChI is InChI=1S/C32H24N6O4S/c1-36-20-34-26-14-13-23(18-27(26)36)38-32(40)31-28(37(38)22-8-3-2-4-9-22)16-21(35-30-12-5-6-15-33-30)17-29(31)43(41,42)25-11-7-10-24(39)19-25/h2-20,39H,1H3,(H,33,35). The highest BCUT2D eigenvalue weighted by atomic mass is 32.2. The van der Waals surface area contributed by atoms with E-state index in [4.69, 9.17) is 0 Å². The molecule has 0 aliphatic rings. The molecule has 7 rings (SSSR count). The minimum absolute atomic E-state index is 0.00358. The Morgan fingerprint density at radius 2 is 1.58 bits per heavy atom. The van der Waals surface area contributed by atoms with E-state index in [1.807, 2.05) is 60.1 Å². The average Bonchev–Trinajstić information content (AvgIpc) is 3.53. The van der Waals surface area contributed by atoms with Gasteiger partial charge in [0.25, 0.3) is 5.56 Å². The maximum absolute atomic E-state index is 14.5. The second-order valence-electron chi connectivity index (χ2n) is 10.0. The molecule has 212 valence electrons. The van der Waals surface area contributed by atoms with Crippen molar-refractivity contribution >= 4 is 43.3 Å². The monoisotopic (exact) mass is 588 g/mol. The number of sulfone groups is 1. The van der Waals surface area contributed by atoms with Gasteiger partial charge in [0.15, 0.2) is 0 Å². The first-order valence-electron chi connectivity index (χ1n) is 13.3.